The first-order valence-electron chi connectivity index (χ1n) is 7.54. The third-order valence-electron chi connectivity index (χ3n) is 3.38. The number of nitrogens with two attached hydrogens (primary N) is 1. The molecule has 3 N–H and O–H groups in total. The van der Waals surface area contributed by atoms with E-state index in [-0.39, 0.29) is 24.5 Å². The van der Waals surface area contributed by atoms with E-state index in [1.165, 1.54) is 0 Å². The lowest BCUT2D eigenvalue weighted by Crippen LogP contribution is -2.35. The van der Waals surface area contributed by atoms with Gasteiger partial charge >= 0.3 is 0 Å². The fourth-order valence-corrected chi connectivity index (χ4v) is 2.52. The standard InChI is InChI=1S/C18H21BrN2O2/c1-13(23-17-10-6-5-9-15(17)19)12-21-18(22)11-16(20)14-7-3-2-4-8-14/h2-10,13,16H,11-12,20H2,1H3,(H,21,22). The highest BCUT2D eigenvalue weighted by Gasteiger charge is 2.13. The zero-order valence-corrected chi connectivity index (χ0v) is 14.6. The number of benzene rings is 2. The summed E-state index contributed by atoms with van der Waals surface area (Å²) in [6.45, 7) is 2.35. The lowest BCUT2D eigenvalue weighted by atomic mass is 10.0. The highest BCUT2D eigenvalue weighted by atomic mass is 79.9. The quantitative estimate of drug-likeness (QED) is 0.777. The van der Waals surface area contributed by atoms with Crippen LogP contribution in [-0.2, 0) is 4.79 Å². The summed E-state index contributed by atoms with van der Waals surface area (Å²) in [5, 5.41) is 2.86. The summed E-state index contributed by atoms with van der Waals surface area (Å²) in [4.78, 5) is 12.0. The van der Waals surface area contributed by atoms with Crippen molar-refractivity contribution < 1.29 is 9.53 Å². The molecule has 23 heavy (non-hydrogen) atoms. The van der Waals surface area contributed by atoms with Crippen molar-refractivity contribution in [2.75, 3.05) is 6.54 Å². The van der Waals surface area contributed by atoms with Crippen molar-refractivity contribution in [2.24, 2.45) is 5.73 Å². The first kappa shape index (κ1) is 17.5. The average molecular weight is 377 g/mol. The van der Waals surface area contributed by atoms with Crippen LogP contribution in [0.5, 0.6) is 5.75 Å². The number of nitrogens with one attached hydrogen (secondary N) is 1. The Morgan fingerprint density at radius 2 is 1.83 bits per heavy atom. The fraction of sp³-hybridized carbons (Fsp3) is 0.278. The maximum Gasteiger partial charge on any atom is 0.222 e. The number of hydrogen-bond acceptors (Lipinski definition) is 3. The van der Waals surface area contributed by atoms with Crippen molar-refractivity contribution >= 4 is 21.8 Å². The Bertz CT molecular complexity index is 634. The third kappa shape index (κ3) is 5.69. The van der Waals surface area contributed by atoms with E-state index in [9.17, 15) is 4.79 Å². The average Bonchev–Trinajstić information content (AvgIpc) is 2.56. The smallest absolute Gasteiger partial charge is 0.222 e. The van der Waals surface area contributed by atoms with Crippen molar-refractivity contribution in [3.05, 3.63) is 64.6 Å². The Labute approximate surface area is 145 Å². The molecule has 0 bridgehead atoms. The highest BCUT2D eigenvalue weighted by Crippen LogP contribution is 2.24. The zero-order chi connectivity index (χ0) is 16.7. The molecule has 0 aromatic heterocycles. The monoisotopic (exact) mass is 376 g/mol. The van der Waals surface area contributed by atoms with Crippen LogP contribution in [0.15, 0.2) is 59.1 Å². The van der Waals surface area contributed by atoms with Crippen LogP contribution >= 0.6 is 15.9 Å². The molecule has 0 saturated heterocycles. The number of carbonyl (C=O) groups excluding carboxylic acids is 1. The molecule has 2 aromatic carbocycles. The van der Waals surface area contributed by atoms with Crippen LogP contribution in [-0.4, -0.2) is 18.6 Å². The Hall–Kier alpha value is -1.85. The van der Waals surface area contributed by atoms with Gasteiger partial charge in [0.2, 0.25) is 5.91 Å². The van der Waals surface area contributed by atoms with E-state index in [1.54, 1.807) is 0 Å². The van der Waals surface area contributed by atoms with Gasteiger partial charge in [-0.1, -0.05) is 42.5 Å². The lowest BCUT2D eigenvalue weighted by molar-refractivity contribution is -0.121. The predicted octanol–water partition coefficient (Wildman–Crippen LogP) is 3.42. The zero-order valence-electron chi connectivity index (χ0n) is 13.0. The van der Waals surface area contributed by atoms with Crippen LogP contribution < -0.4 is 15.8 Å². The normalized spacial score (nSPS) is 13.2. The summed E-state index contributed by atoms with van der Waals surface area (Å²) in [6, 6.07) is 17.0. The minimum absolute atomic E-state index is 0.0797. The Kier molecular flexibility index (Phi) is 6.62. The van der Waals surface area contributed by atoms with Gasteiger partial charge in [-0.2, -0.15) is 0 Å². The first-order valence-corrected chi connectivity index (χ1v) is 8.34. The van der Waals surface area contributed by atoms with Crippen LogP contribution in [0.3, 0.4) is 0 Å². The predicted molar refractivity (Wildman–Crippen MR) is 95.2 cm³/mol. The van der Waals surface area contributed by atoms with Gasteiger partial charge in [-0.05, 0) is 40.5 Å². The number of para-hydroxylation sites is 1. The van der Waals surface area contributed by atoms with Gasteiger partial charge in [-0.3, -0.25) is 4.79 Å². The Morgan fingerprint density at radius 3 is 2.52 bits per heavy atom. The molecule has 0 aliphatic heterocycles. The largest absolute Gasteiger partial charge is 0.488 e. The second-order valence-electron chi connectivity index (χ2n) is 5.38. The molecule has 2 unspecified atom stereocenters. The second-order valence-corrected chi connectivity index (χ2v) is 6.24. The summed E-state index contributed by atoms with van der Waals surface area (Å²) < 4.78 is 6.69. The molecule has 4 nitrogen and oxygen atoms in total. The second kappa shape index (κ2) is 8.70. The third-order valence-corrected chi connectivity index (χ3v) is 4.04. The molecule has 5 heteroatoms. The molecular weight excluding hydrogens is 356 g/mol. The maximum absolute atomic E-state index is 12.0. The minimum atomic E-state index is -0.296. The number of halogens is 1. The van der Waals surface area contributed by atoms with Gasteiger partial charge in [0.05, 0.1) is 11.0 Å². The SMILES string of the molecule is CC(CNC(=O)CC(N)c1ccccc1)Oc1ccccc1Br. The molecule has 0 heterocycles. The van der Waals surface area contributed by atoms with Crippen molar-refractivity contribution in [2.45, 2.75) is 25.5 Å². The molecule has 2 atom stereocenters. The molecule has 122 valence electrons. The van der Waals surface area contributed by atoms with Gasteiger partial charge in [-0.15, -0.1) is 0 Å². The van der Waals surface area contributed by atoms with Crippen LogP contribution in [0, 0.1) is 0 Å². The summed E-state index contributed by atoms with van der Waals surface area (Å²) in [5.41, 5.74) is 7.01. The van der Waals surface area contributed by atoms with Crippen molar-refractivity contribution in [1.82, 2.24) is 5.32 Å². The molecule has 0 spiro atoms. The van der Waals surface area contributed by atoms with E-state index in [1.807, 2.05) is 61.5 Å². The van der Waals surface area contributed by atoms with Crippen LogP contribution in [0.2, 0.25) is 0 Å². The maximum atomic E-state index is 12.0. The lowest BCUT2D eigenvalue weighted by Gasteiger charge is -2.17. The van der Waals surface area contributed by atoms with E-state index in [0.717, 1.165) is 15.8 Å². The van der Waals surface area contributed by atoms with E-state index < -0.39 is 0 Å². The molecule has 0 saturated carbocycles. The number of ether oxygens (including phenoxy) is 1. The molecule has 2 rings (SSSR count). The number of amides is 1. The van der Waals surface area contributed by atoms with Gasteiger partial charge in [-0.25, -0.2) is 0 Å². The van der Waals surface area contributed by atoms with Gasteiger partial charge < -0.3 is 15.8 Å². The first-order chi connectivity index (χ1) is 11.1. The molecule has 0 aliphatic carbocycles. The molecule has 0 radical (unpaired) electrons. The number of hydrogen-bond donors (Lipinski definition) is 2. The van der Waals surface area contributed by atoms with Gasteiger partial charge in [0.1, 0.15) is 11.9 Å². The van der Waals surface area contributed by atoms with Gasteiger partial charge in [0.25, 0.3) is 0 Å². The van der Waals surface area contributed by atoms with E-state index in [2.05, 4.69) is 21.2 Å². The van der Waals surface area contributed by atoms with Gasteiger partial charge in [0, 0.05) is 12.5 Å². The van der Waals surface area contributed by atoms with Crippen molar-refractivity contribution in [1.29, 1.82) is 0 Å². The molecule has 2 aromatic rings. The van der Waals surface area contributed by atoms with Crippen molar-refractivity contribution in [3.63, 3.8) is 0 Å². The van der Waals surface area contributed by atoms with Crippen molar-refractivity contribution in [3.8, 4) is 5.75 Å². The van der Waals surface area contributed by atoms with Crippen LogP contribution in [0.1, 0.15) is 24.9 Å². The summed E-state index contributed by atoms with van der Waals surface area (Å²) in [6.07, 6.45) is 0.122. The Balaban J connectivity index is 1.77. The minimum Gasteiger partial charge on any atom is -0.488 e. The molecule has 1 amide bonds. The van der Waals surface area contributed by atoms with Gasteiger partial charge in [0.15, 0.2) is 0 Å². The Morgan fingerprint density at radius 1 is 1.17 bits per heavy atom. The van der Waals surface area contributed by atoms with Crippen LogP contribution in [0.25, 0.3) is 0 Å². The highest BCUT2D eigenvalue weighted by molar-refractivity contribution is 9.10. The van der Waals surface area contributed by atoms with Crippen LogP contribution in [0.4, 0.5) is 0 Å². The summed E-state index contributed by atoms with van der Waals surface area (Å²) >= 11 is 3.43. The van der Waals surface area contributed by atoms with E-state index >= 15 is 0 Å². The van der Waals surface area contributed by atoms with E-state index in [0.29, 0.717) is 6.54 Å². The molecule has 0 aliphatic rings. The topological polar surface area (TPSA) is 64.4 Å². The molecular formula is C18H21BrN2O2. The summed E-state index contributed by atoms with van der Waals surface area (Å²) in [5.74, 6) is 0.680. The molecule has 0 fully saturated rings. The summed E-state index contributed by atoms with van der Waals surface area (Å²) in [7, 11) is 0. The fourth-order valence-electron chi connectivity index (χ4n) is 2.15. The number of carbonyl (C=O) groups is 1. The number of rotatable bonds is 7. The van der Waals surface area contributed by atoms with E-state index in [4.69, 9.17) is 10.5 Å².